The van der Waals surface area contributed by atoms with E-state index in [1.54, 1.807) is 36.4 Å². The number of Topliss-reactive ketones (excluding diaryl/α,β-unsaturated/α-hetero) is 1. The Kier molecular flexibility index (Phi) is 4.90. The largest absolute Gasteiger partial charge is 0.465 e. The zero-order chi connectivity index (χ0) is 15.2. The molecule has 21 heavy (non-hydrogen) atoms. The molecule has 0 radical (unpaired) electrons. The van der Waals surface area contributed by atoms with Gasteiger partial charge in [0, 0.05) is 10.6 Å². The number of carbonyl (C=O) groups excluding carboxylic acids is 2. The van der Waals surface area contributed by atoms with E-state index in [-0.39, 0.29) is 5.57 Å². The highest BCUT2D eigenvalue weighted by Gasteiger charge is 2.20. The topological polar surface area (TPSA) is 43.4 Å². The Morgan fingerprint density at radius 2 is 1.62 bits per heavy atom. The Morgan fingerprint density at radius 1 is 1.00 bits per heavy atom. The smallest absolute Gasteiger partial charge is 0.341 e. The minimum atomic E-state index is -0.668. The molecule has 0 N–H and O–H groups in total. The molecule has 0 aliphatic carbocycles. The normalized spacial score (nSPS) is 11.0. The first-order valence-corrected chi connectivity index (χ1v) is 6.65. The van der Waals surface area contributed by atoms with Crippen LogP contribution in [0.15, 0.2) is 60.2 Å². The number of hydrogen-bond acceptors (Lipinski definition) is 3. The highest BCUT2D eigenvalue weighted by molar-refractivity contribution is 6.31. The fraction of sp³-hybridized carbons (Fsp3) is 0.0588. The number of hydrogen-bond donors (Lipinski definition) is 0. The minimum absolute atomic E-state index is 0.0222. The van der Waals surface area contributed by atoms with Crippen molar-refractivity contribution in [3.63, 3.8) is 0 Å². The van der Waals surface area contributed by atoms with Gasteiger partial charge in [0.1, 0.15) is 5.57 Å². The molecule has 2 aromatic rings. The average Bonchev–Trinajstić information content (AvgIpc) is 2.53. The summed E-state index contributed by atoms with van der Waals surface area (Å²) >= 11 is 5.80. The van der Waals surface area contributed by atoms with E-state index in [2.05, 4.69) is 0 Å². The van der Waals surface area contributed by atoms with Crippen LogP contribution in [0.1, 0.15) is 15.9 Å². The van der Waals surface area contributed by atoms with Crippen LogP contribution < -0.4 is 0 Å². The lowest BCUT2D eigenvalue weighted by Crippen LogP contribution is -2.14. The fourth-order valence-electron chi connectivity index (χ4n) is 1.80. The molecule has 0 heterocycles. The second kappa shape index (κ2) is 6.86. The molecule has 2 aromatic carbocycles. The molecule has 2 rings (SSSR count). The number of benzene rings is 2. The van der Waals surface area contributed by atoms with Crippen molar-refractivity contribution < 1.29 is 14.3 Å². The van der Waals surface area contributed by atoms with E-state index >= 15 is 0 Å². The third-order valence-electron chi connectivity index (χ3n) is 2.87. The number of halogens is 1. The highest BCUT2D eigenvalue weighted by atomic mass is 35.5. The zero-order valence-corrected chi connectivity index (χ0v) is 12.1. The highest BCUT2D eigenvalue weighted by Crippen LogP contribution is 2.16. The van der Waals surface area contributed by atoms with E-state index in [0.29, 0.717) is 10.6 Å². The lowest BCUT2D eigenvalue weighted by molar-refractivity contribution is -0.135. The monoisotopic (exact) mass is 300 g/mol. The number of esters is 1. The number of methoxy groups -OCH3 is 1. The molecule has 0 spiro atoms. The number of ether oxygens (including phenoxy) is 1. The van der Waals surface area contributed by atoms with E-state index in [1.807, 2.05) is 18.2 Å². The summed E-state index contributed by atoms with van der Waals surface area (Å²) in [6.07, 6.45) is 1.52. The molecule has 0 fully saturated rings. The van der Waals surface area contributed by atoms with Crippen LogP contribution in [-0.2, 0) is 9.53 Å². The predicted octanol–water partition coefficient (Wildman–Crippen LogP) is 3.78. The van der Waals surface area contributed by atoms with Crippen molar-refractivity contribution in [2.75, 3.05) is 7.11 Å². The van der Waals surface area contributed by atoms with Crippen LogP contribution in [0.4, 0.5) is 0 Å². The molecule has 3 nitrogen and oxygen atoms in total. The maximum Gasteiger partial charge on any atom is 0.341 e. The van der Waals surface area contributed by atoms with Crippen LogP contribution in [0.5, 0.6) is 0 Å². The molecule has 0 saturated carbocycles. The SMILES string of the molecule is COC(=O)/C(=C/c1ccccc1)C(=O)c1ccc(Cl)cc1. The Labute approximate surface area is 127 Å². The summed E-state index contributed by atoms with van der Waals surface area (Å²) in [5, 5.41) is 0.526. The van der Waals surface area contributed by atoms with Crippen LogP contribution in [0.2, 0.25) is 5.02 Å². The predicted molar refractivity (Wildman–Crippen MR) is 82.2 cm³/mol. The quantitative estimate of drug-likeness (QED) is 0.284. The van der Waals surface area contributed by atoms with Gasteiger partial charge in [-0.3, -0.25) is 4.79 Å². The van der Waals surface area contributed by atoms with Gasteiger partial charge in [0.05, 0.1) is 7.11 Å². The van der Waals surface area contributed by atoms with Gasteiger partial charge in [-0.05, 0) is 35.9 Å². The van der Waals surface area contributed by atoms with Gasteiger partial charge < -0.3 is 4.74 Å². The first-order valence-electron chi connectivity index (χ1n) is 6.27. The van der Waals surface area contributed by atoms with Crippen molar-refractivity contribution in [1.29, 1.82) is 0 Å². The lowest BCUT2D eigenvalue weighted by atomic mass is 10.0. The third kappa shape index (κ3) is 3.80. The molecule has 0 aliphatic rings. The van der Waals surface area contributed by atoms with Crippen LogP contribution in [0.25, 0.3) is 6.08 Å². The lowest BCUT2D eigenvalue weighted by Gasteiger charge is -2.05. The molecule has 0 aliphatic heterocycles. The van der Waals surface area contributed by atoms with E-state index < -0.39 is 11.8 Å². The van der Waals surface area contributed by atoms with Gasteiger partial charge in [0.15, 0.2) is 5.78 Å². The maximum absolute atomic E-state index is 12.4. The molecule has 0 bridgehead atoms. The fourth-order valence-corrected chi connectivity index (χ4v) is 1.93. The van der Waals surface area contributed by atoms with E-state index in [0.717, 1.165) is 5.56 Å². The van der Waals surface area contributed by atoms with Crippen LogP contribution >= 0.6 is 11.6 Å². The Hall–Kier alpha value is -2.39. The van der Waals surface area contributed by atoms with Crippen molar-refractivity contribution in [3.05, 3.63) is 76.3 Å². The summed E-state index contributed by atoms with van der Waals surface area (Å²) in [6, 6.07) is 15.5. The summed E-state index contributed by atoms with van der Waals surface area (Å²) < 4.78 is 4.70. The standard InChI is InChI=1S/C17H13ClO3/c1-21-17(20)15(11-12-5-3-2-4-6-12)16(19)13-7-9-14(18)10-8-13/h2-11H,1H3/b15-11+. The van der Waals surface area contributed by atoms with Crippen LogP contribution in [0, 0.1) is 0 Å². The number of rotatable bonds is 4. The Balaban J connectivity index is 2.41. The van der Waals surface area contributed by atoms with Gasteiger partial charge in [-0.2, -0.15) is 0 Å². The van der Waals surface area contributed by atoms with Crippen molar-refractivity contribution in [2.45, 2.75) is 0 Å². The van der Waals surface area contributed by atoms with Gasteiger partial charge >= 0.3 is 5.97 Å². The molecule has 0 amide bonds. The summed E-state index contributed by atoms with van der Waals surface area (Å²) in [5.41, 5.74) is 1.11. The maximum atomic E-state index is 12.4. The summed E-state index contributed by atoms with van der Waals surface area (Å²) in [6.45, 7) is 0. The van der Waals surface area contributed by atoms with Gasteiger partial charge in [0.25, 0.3) is 0 Å². The van der Waals surface area contributed by atoms with E-state index in [4.69, 9.17) is 16.3 Å². The second-order valence-corrected chi connectivity index (χ2v) is 4.73. The van der Waals surface area contributed by atoms with Crippen LogP contribution in [-0.4, -0.2) is 18.9 Å². The Bertz CT molecular complexity index is 673. The second-order valence-electron chi connectivity index (χ2n) is 4.30. The molecule has 106 valence electrons. The molecule has 4 heteroatoms. The average molecular weight is 301 g/mol. The third-order valence-corrected chi connectivity index (χ3v) is 3.12. The number of ketones is 1. The molecule has 0 aromatic heterocycles. The van der Waals surface area contributed by atoms with Crippen molar-refractivity contribution in [2.24, 2.45) is 0 Å². The van der Waals surface area contributed by atoms with Crippen molar-refractivity contribution >= 4 is 29.4 Å². The summed E-state index contributed by atoms with van der Waals surface area (Å²) in [5.74, 6) is -1.07. The summed E-state index contributed by atoms with van der Waals surface area (Å²) in [7, 11) is 1.25. The molecule has 0 unspecified atom stereocenters. The molecular formula is C17H13ClO3. The van der Waals surface area contributed by atoms with Gasteiger partial charge in [-0.15, -0.1) is 0 Å². The van der Waals surface area contributed by atoms with Gasteiger partial charge in [-0.1, -0.05) is 41.9 Å². The van der Waals surface area contributed by atoms with Crippen LogP contribution in [0.3, 0.4) is 0 Å². The molecule has 0 saturated heterocycles. The van der Waals surface area contributed by atoms with Crippen molar-refractivity contribution in [1.82, 2.24) is 0 Å². The first kappa shape index (κ1) is 15.0. The minimum Gasteiger partial charge on any atom is -0.465 e. The Morgan fingerprint density at radius 3 is 2.19 bits per heavy atom. The van der Waals surface area contributed by atoms with E-state index in [1.165, 1.54) is 13.2 Å². The van der Waals surface area contributed by atoms with Crippen molar-refractivity contribution in [3.8, 4) is 0 Å². The van der Waals surface area contributed by atoms with E-state index in [9.17, 15) is 9.59 Å². The van der Waals surface area contributed by atoms with Gasteiger partial charge in [-0.25, -0.2) is 4.79 Å². The number of carbonyl (C=O) groups is 2. The van der Waals surface area contributed by atoms with Gasteiger partial charge in [0.2, 0.25) is 0 Å². The molecule has 0 atom stereocenters. The first-order chi connectivity index (χ1) is 10.1. The zero-order valence-electron chi connectivity index (χ0n) is 11.4. The summed E-state index contributed by atoms with van der Waals surface area (Å²) in [4.78, 5) is 24.3. The molecular weight excluding hydrogens is 288 g/mol.